The minimum atomic E-state index is 0.569. The van der Waals surface area contributed by atoms with Crippen LogP contribution in [-0.4, -0.2) is 59.0 Å². The van der Waals surface area contributed by atoms with Crippen molar-refractivity contribution in [2.24, 2.45) is 4.99 Å². The van der Waals surface area contributed by atoms with E-state index in [1.165, 1.54) is 0 Å². The van der Waals surface area contributed by atoms with Crippen molar-refractivity contribution in [3.05, 3.63) is 60.6 Å². The lowest BCUT2D eigenvalue weighted by molar-refractivity contribution is 0.367. The van der Waals surface area contributed by atoms with Gasteiger partial charge in [-0.2, -0.15) is 0 Å². The van der Waals surface area contributed by atoms with Gasteiger partial charge in [-0.15, -0.1) is 11.3 Å². The van der Waals surface area contributed by atoms with Gasteiger partial charge in [-0.05, 0) is 30.3 Å². The minimum Gasteiger partial charge on any atom is -0.457 e. The highest BCUT2D eigenvalue weighted by atomic mass is 32.1. The fourth-order valence-corrected chi connectivity index (χ4v) is 4.56. The van der Waals surface area contributed by atoms with Crippen LogP contribution in [0.15, 0.2) is 64.3 Å². The van der Waals surface area contributed by atoms with Crippen molar-refractivity contribution in [1.29, 1.82) is 0 Å². The Labute approximate surface area is 184 Å². The molecular weight excluding hydrogens is 410 g/mol. The molecule has 1 aliphatic rings. The summed E-state index contributed by atoms with van der Waals surface area (Å²) in [5.74, 6) is 3.30. The summed E-state index contributed by atoms with van der Waals surface area (Å²) in [5.41, 5.74) is 0.999. The summed E-state index contributed by atoms with van der Waals surface area (Å²) in [4.78, 5) is 22.2. The van der Waals surface area contributed by atoms with Gasteiger partial charge in [0.15, 0.2) is 16.7 Å². The van der Waals surface area contributed by atoms with Gasteiger partial charge >= 0.3 is 0 Å². The number of furan rings is 1. The van der Waals surface area contributed by atoms with Gasteiger partial charge < -0.3 is 19.5 Å². The van der Waals surface area contributed by atoms with Crippen LogP contribution in [0.4, 0.5) is 5.95 Å². The van der Waals surface area contributed by atoms with Crippen LogP contribution in [0.1, 0.15) is 5.76 Å². The fourth-order valence-electron chi connectivity index (χ4n) is 3.64. The summed E-state index contributed by atoms with van der Waals surface area (Å²) in [6.07, 6.45) is 3.56. The van der Waals surface area contributed by atoms with E-state index in [2.05, 4.69) is 41.1 Å². The van der Waals surface area contributed by atoms with Gasteiger partial charge in [-0.3, -0.25) is 4.99 Å². The van der Waals surface area contributed by atoms with Crippen LogP contribution in [0.2, 0.25) is 0 Å². The standard InChI is InChI=1S/C22H23N7OS/c1-23-21(28-11-13-29(14-12-28)22-24-9-4-10-25-22)26-15-16-7-8-18(30-16)20-27-17-5-2-3-6-19(17)31-20/h2-10H,11-15H2,1H3,(H,23,26). The lowest BCUT2D eigenvalue weighted by Crippen LogP contribution is -2.52. The number of hydrogen-bond donors (Lipinski definition) is 1. The minimum absolute atomic E-state index is 0.569. The molecule has 1 aliphatic heterocycles. The van der Waals surface area contributed by atoms with Crippen molar-refractivity contribution in [3.63, 3.8) is 0 Å². The molecule has 8 nitrogen and oxygen atoms in total. The van der Waals surface area contributed by atoms with E-state index < -0.39 is 0 Å². The third-order valence-corrected chi connectivity index (χ3v) is 6.26. The lowest BCUT2D eigenvalue weighted by Gasteiger charge is -2.36. The average Bonchev–Trinajstić information content (AvgIpc) is 3.47. The molecule has 3 aromatic heterocycles. The first-order valence-electron chi connectivity index (χ1n) is 10.2. The highest BCUT2D eigenvalue weighted by Crippen LogP contribution is 2.31. The van der Waals surface area contributed by atoms with Crippen LogP contribution in [0.5, 0.6) is 0 Å². The lowest BCUT2D eigenvalue weighted by atomic mass is 10.3. The number of nitrogens with zero attached hydrogens (tertiary/aromatic N) is 6. The molecule has 0 radical (unpaired) electrons. The molecule has 1 fully saturated rings. The van der Waals surface area contributed by atoms with Crippen LogP contribution < -0.4 is 10.2 Å². The van der Waals surface area contributed by atoms with E-state index in [0.717, 1.165) is 64.8 Å². The van der Waals surface area contributed by atoms with Crippen molar-refractivity contribution >= 4 is 33.5 Å². The molecule has 5 rings (SSSR count). The van der Waals surface area contributed by atoms with Gasteiger partial charge in [0.25, 0.3) is 0 Å². The molecular formula is C22H23N7OS. The van der Waals surface area contributed by atoms with Gasteiger partial charge in [0.05, 0.1) is 16.8 Å². The highest BCUT2D eigenvalue weighted by molar-refractivity contribution is 7.21. The fraction of sp³-hybridized carbons (Fsp3) is 0.273. The monoisotopic (exact) mass is 433 g/mol. The molecule has 4 aromatic rings. The molecule has 0 amide bonds. The summed E-state index contributed by atoms with van der Waals surface area (Å²) in [7, 11) is 1.81. The van der Waals surface area contributed by atoms with Crippen molar-refractivity contribution in [1.82, 2.24) is 25.2 Å². The number of hydrogen-bond acceptors (Lipinski definition) is 7. The Morgan fingerprint density at radius 3 is 2.65 bits per heavy atom. The van der Waals surface area contributed by atoms with Gasteiger partial charge in [-0.25, -0.2) is 15.0 Å². The Hall–Kier alpha value is -3.46. The van der Waals surface area contributed by atoms with E-state index in [1.54, 1.807) is 23.7 Å². The third kappa shape index (κ3) is 4.22. The maximum Gasteiger partial charge on any atom is 0.225 e. The summed E-state index contributed by atoms with van der Waals surface area (Å²) < 4.78 is 7.20. The maximum atomic E-state index is 6.04. The van der Waals surface area contributed by atoms with Gasteiger partial charge in [0.2, 0.25) is 5.95 Å². The molecule has 0 saturated carbocycles. The second kappa shape index (κ2) is 8.73. The van der Waals surface area contributed by atoms with Gasteiger partial charge in [0, 0.05) is 45.6 Å². The van der Waals surface area contributed by atoms with Crippen LogP contribution in [0, 0.1) is 0 Å². The molecule has 9 heteroatoms. The zero-order valence-electron chi connectivity index (χ0n) is 17.2. The Morgan fingerprint density at radius 1 is 1.06 bits per heavy atom. The van der Waals surface area contributed by atoms with Crippen LogP contribution >= 0.6 is 11.3 Å². The highest BCUT2D eigenvalue weighted by Gasteiger charge is 2.21. The van der Waals surface area contributed by atoms with E-state index in [-0.39, 0.29) is 0 Å². The van der Waals surface area contributed by atoms with Crippen LogP contribution in [0.25, 0.3) is 21.0 Å². The Morgan fingerprint density at radius 2 is 1.87 bits per heavy atom. The van der Waals surface area contributed by atoms with E-state index in [0.29, 0.717) is 6.54 Å². The Balaban J connectivity index is 1.19. The number of rotatable bonds is 4. The number of benzene rings is 1. The number of para-hydroxylation sites is 1. The Kier molecular flexibility index (Phi) is 5.49. The number of guanidine groups is 1. The molecule has 0 atom stereocenters. The second-order valence-corrected chi connectivity index (χ2v) is 8.21. The molecule has 0 spiro atoms. The van der Waals surface area contributed by atoms with Gasteiger partial charge in [0.1, 0.15) is 5.76 Å². The SMILES string of the molecule is CN=C(NCc1ccc(-c2nc3ccccc3s2)o1)N1CCN(c2ncccn2)CC1. The number of thiazole rings is 1. The first-order valence-corrected chi connectivity index (χ1v) is 11.0. The Bertz CT molecular complexity index is 1150. The predicted molar refractivity (Wildman–Crippen MR) is 123 cm³/mol. The number of nitrogens with one attached hydrogen (secondary N) is 1. The normalized spacial score (nSPS) is 14.9. The van der Waals surface area contributed by atoms with Crippen molar-refractivity contribution in [3.8, 4) is 10.8 Å². The largest absolute Gasteiger partial charge is 0.457 e. The molecule has 0 unspecified atom stereocenters. The van der Waals surface area contributed by atoms with Crippen molar-refractivity contribution in [2.45, 2.75) is 6.54 Å². The molecule has 4 heterocycles. The van der Waals surface area contributed by atoms with E-state index in [9.17, 15) is 0 Å². The summed E-state index contributed by atoms with van der Waals surface area (Å²) >= 11 is 1.64. The van der Waals surface area contributed by atoms with E-state index >= 15 is 0 Å². The van der Waals surface area contributed by atoms with Crippen LogP contribution in [0.3, 0.4) is 0 Å². The van der Waals surface area contributed by atoms with Gasteiger partial charge in [-0.1, -0.05) is 12.1 Å². The molecule has 1 N–H and O–H groups in total. The number of anilines is 1. The number of fused-ring (bicyclic) bond motifs is 1. The summed E-state index contributed by atoms with van der Waals surface area (Å²) in [5, 5.41) is 4.32. The topological polar surface area (TPSA) is 82.7 Å². The summed E-state index contributed by atoms with van der Waals surface area (Å²) in [6.45, 7) is 3.99. The molecule has 1 aromatic carbocycles. The molecule has 1 saturated heterocycles. The quantitative estimate of drug-likeness (QED) is 0.391. The van der Waals surface area contributed by atoms with Crippen molar-refractivity contribution < 1.29 is 4.42 Å². The maximum absolute atomic E-state index is 6.04. The zero-order valence-corrected chi connectivity index (χ0v) is 18.0. The first-order chi connectivity index (χ1) is 15.3. The predicted octanol–water partition coefficient (Wildman–Crippen LogP) is 3.24. The van der Waals surface area contributed by atoms with Crippen LogP contribution in [-0.2, 0) is 6.54 Å². The molecule has 158 valence electrons. The molecule has 0 bridgehead atoms. The number of aromatic nitrogens is 3. The summed E-state index contributed by atoms with van der Waals surface area (Å²) in [6, 6.07) is 13.9. The molecule has 31 heavy (non-hydrogen) atoms. The smallest absolute Gasteiger partial charge is 0.225 e. The average molecular weight is 434 g/mol. The number of aliphatic imine (C=N–C) groups is 1. The first kappa shape index (κ1) is 19.5. The third-order valence-electron chi connectivity index (χ3n) is 5.21. The molecule has 0 aliphatic carbocycles. The zero-order chi connectivity index (χ0) is 21.0. The van der Waals surface area contributed by atoms with E-state index in [1.807, 2.05) is 43.4 Å². The van der Waals surface area contributed by atoms with Crippen molar-refractivity contribution in [2.75, 3.05) is 38.1 Å². The van der Waals surface area contributed by atoms with E-state index in [4.69, 9.17) is 4.42 Å². The second-order valence-electron chi connectivity index (χ2n) is 7.18. The number of piperazine rings is 1.